The van der Waals surface area contributed by atoms with Gasteiger partial charge in [-0.25, -0.2) is 4.39 Å². The van der Waals surface area contributed by atoms with Crippen molar-refractivity contribution >= 4 is 5.69 Å². The second-order valence-corrected chi connectivity index (χ2v) is 5.22. The molecule has 1 unspecified atom stereocenters. The molecular formula is C17H20FNO. The zero-order valence-electron chi connectivity index (χ0n) is 12.1. The lowest BCUT2D eigenvalue weighted by Crippen LogP contribution is -2.13. The van der Waals surface area contributed by atoms with Gasteiger partial charge in [-0.2, -0.15) is 0 Å². The van der Waals surface area contributed by atoms with Gasteiger partial charge in [0.1, 0.15) is 5.82 Å². The summed E-state index contributed by atoms with van der Waals surface area (Å²) in [4.78, 5) is 0. The molecule has 0 aromatic heterocycles. The first kappa shape index (κ1) is 14.5. The minimum Gasteiger partial charge on any atom is -0.387 e. The van der Waals surface area contributed by atoms with Crippen LogP contribution in [0.2, 0.25) is 0 Å². The maximum Gasteiger partial charge on any atom is 0.126 e. The molecule has 2 N–H and O–H groups in total. The van der Waals surface area contributed by atoms with Crippen molar-refractivity contribution in [3.05, 3.63) is 64.5 Å². The standard InChI is InChI=1S/C17H20FNO/c1-11-4-5-12(2)16(8-11)19-10-17(20)14-6-7-15(18)13(3)9-14/h4-9,17,19-20H,10H2,1-3H3. The molecule has 2 nitrogen and oxygen atoms in total. The highest BCUT2D eigenvalue weighted by atomic mass is 19.1. The Labute approximate surface area is 119 Å². The van der Waals surface area contributed by atoms with Crippen LogP contribution in [-0.4, -0.2) is 11.7 Å². The van der Waals surface area contributed by atoms with Gasteiger partial charge in [0.25, 0.3) is 0 Å². The largest absolute Gasteiger partial charge is 0.387 e. The maximum atomic E-state index is 13.2. The number of aryl methyl sites for hydroxylation is 3. The lowest BCUT2D eigenvalue weighted by Gasteiger charge is -2.16. The fraction of sp³-hybridized carbons (Fsp3) is 0.294. The van der Waals surface area contributed by atoms with Crippen LogP contribution in [0, 0.1) is 26.6 Å². The van der Waals surface area contributed by atoms with Gasteiger partial charge in [0.15, 0.2) is 0 Å². The van der Waals surface area contributed by atoms with Crippen molar-refractivity contribution in [2.45, 2.75) is 26.9 Å². The smallest absolute Gasteiger partial charge is 0.126 e. The molecule has 0 aliphatic heterocycles. The Hall–Kier alpha value is -1.87. The molecule has 20 heavy (non-hydrogen) atoms. The minimum atomic E-state index is -0.658. The maximum absolute atomic E-state index is 13.2. The molecule has 0 radical (unpaired) electrons. The van der Waals surface area contributed by atoms with Gasteiger partial charge in [-0.3, -0.25) is 0 Å². The third-order valence-corrected chi connectivity index (χ3v) is 3.45. The Kier molecular flexibility index (Phi) is 4.40. The van der Waals surface area contributed by atoms with E-state index in [0.29, 0.717) is 12.1 Å². The molecule has 0 aliphatic rings. The number of benzene rings is 2. The van der Waals surface area contributed by atoms with Gasteiger partial charge in [-0.05, 0) is 55.2 Å². The topological polar surface area (TPSA) is 32.3 Å². The highest BCUT2D eigenvalue weighted by molar-refractivity contribution is 5.52. The molecule has 0 bridgehead atoms. The average molecular weight is 273 g/mol. The average Bonchev–Trinajstić information content (AvgIpc) is 2.42. The van der Waals surface area contributed by atoms with Gasteiger partial charge in [-0.15, -0.1) is 0 Å². The molecular weight excluding hydrogens is 253 g/mol. The Morgan fingerprint density at radius 3 is 2.50 bits per heavy atom. The molecule has 2 aromatic rings. The molecule has 0 spiro atoms. The lowest BCUT2D eigenvalue weighted by molar-refractivity contribution is 0.191. The third kappa shape index (κ3) is 3.36. The van der Waals surface area contributed by atoms with Crippen LogP contribution in [0.4, 0.5) is 10.1 Å². The summed E-state index contributed by atoms with van der Waals surface area (Å²) in [6.07, 6.45) is -0.658. The number of hydrogen-bond donors (Lipinski definition) is 2. The fourth-order valence-electron chi connectivity index (χ4n) is 2.13. The van der Waals surface area contributed by atoms with E-state index in [4.69, 9.17) is 0 Å². The van der Waals surface area contributed by atoms with Crippen molar-refractivity contribution in [2.75, 3.05) is 11.9 Å². The van der Waals surface area contributed by atoms with Crippen molar-refractivity contribution in [3.8, 4) is 0 Å². The van der Waals surface area contributed by atoms with E-state index in [-0.39, 0.29) is 5.82 Å². The van der Waals surface area contributed by atoms with Crippen LogP contribution in [0.5, 0.6) is 0 Å². The number of halogens is 1. The fourth-order valence-corrected chi connectivity index (χ4v) is 2.13. The normalized spacial score (nSPS) is 12.2. The summed E-state index contributed by atoms with van der Waals surface area (Å²) in [5.41, 5.74) is 4.60. The first-order valence-electron chi connectivity index (χ1n) is 6.72. The van der Waals surface area contributed by atoms with Gasteiger partial charge in [0, 0.05) is 12.2 Å². The molecule has 2 aromatic carbocycles. The predicted molar refractivity (Wildman–Crippen MR) is 80.5 cm³/mol. The minimum absolute atomic E-state index is 0.247. The van der Waals surface area contributed by atoms with E-state index < -0.39 is 6.10 Å². The van der Waals surface area contributed by atoms with Crippen LogP contribution >= 0.6 is 0 Å². The third-order valence-electron chi connectivity index (χ3n) is 3.45. The van der Waals surface area contributed by atoms with E-state index >= 15 is 0 Å². The summed E-state index contributed by atoms with van der Waals surface area (Å²) < 4.78 is 13.2. The molecule has 106 valence electrons. The van der Waals surface area contributed by atoms with E-state index in [2.05, 4.69) is 17.4 Å². The Bertz CT molecular complexity index is 610. The zero-order valence-corrected chi connectivity index (χ0v) is 12.1. The van der Waals surface area contributed by atoms with E-state index in [9.17, 15) is 9.50 Å². The molecule has 0 saturated carbocycles. The van der Waals surface area contributed by atoms with Crippen LogP contribution in [0.3, 0.4) is 0 Å². The van der Waals surface area contributed by atoms with Gasteiger partial charge >= 0.3 is 0 Å². The first-order chi connectivity index (χ1) is 9.47. The molecule has 0 amide bonds. The number of aliphatic hydroxyl groups excluding tert-OH is 1. The number of nitrogens with one attached hydrogen (secondary N) is 1. The van der Waals surface area contributed by atoms with E-state index in [0.717, 1.165) is 16.8 Å². The van der Waals surface area contributed by atoms with Crippen LogP contribution in [0.25, 0.3) is 0 Å². The molecule has 0 aliphatic carbocycles. The molecule has 0 saturated heterocycles. The highest BCUT2D eigenvalue weighted by Crippen LogP contribution is 2.20. The summed E-state index contributed by atoms with van der Waals surface area (Å²) in [5.74, 6) is -0.247. The molecule has 0 fully saturated rings. The SMILES string of the molecule is Cc1ccc(C)c(NCC(O)c2ccc(F)c(C)c2)c1. The number of aliphatic hydroxyl groups is 1. The lowest BCUT2D eigenvalue weighted by atomic mass is 10.1. The van der Waals surface area contributed by atoms with E-state index in [1.165, 1.54) is 11.6 Å². The highest BCUT2D eigenvalue weighted by Gasteiger charge is 2.09. The summed E-state index contributed by atoms with van der Waals surface area (Å²) in [7, 11) is 0. The summed E-state index contributed by atoms with van der Waals surface area (Å²) in [5, 5.41) is 13.4. The van der Waals surface area contributed by atoms with Crippen molar-refractivity contribution in [1.82, 2.24) is 0 Å². The van der Waals surface area contributed by atoms with Crippen LogP contribution in [0.1, 0.15) is 28.4 Å². The van der Waals surface area contributed by atoms with Crippen LogP contribution < -0.4 is 5.32 Å². The van der Waals surface area contributed by atoms with E-state index in [1.54, 1.807) is 19.1 Å². The number of anilines is 1. The van der Waals surface area contributed by atoms with Gasteiger partial charge in [0.2, 0.25) is 0 Å². The van der Waals surface area contributed by atoms with E-state index in [1.807, 2.05) is 19.9 Å². The molecule has 0 heterocycles. The van der Waals surface area contributed by atoms with Crippen molar-refractivity contribution in [3.63, 3.8) is 0 Å². The Balaban J connectivity index is 2.06. The first-order valence-corrected chi connectivity index (χ1v) is 6.72. The summed E-state index contributed by atoms with van der Waals surface area (Å²) in [6, 6.07) is 10.9. The van der Waals surface area contributed by atoms with Gasteiger partial charge in [-0.1, -0.05) is 24.3 Å². The second kappa shape index (κ2) is 6.06. The van der Waals surface area contributed by atoms with Crippen LogP contribution in [-0.2, 0) is 0 Å². The van der Waals surface area contributed by atoms with Crippen molar-refractivity contribution in [2.24, 2.45) is 0 Å². The summed E-state index contributed by atoms with van der Waals surface area (Å²) >= 11 is 0. The number of hydrogen-bond acceptors (Lipinski definition) is 2. The Morgan fingerprint density at radius 1 is 1.05 bits per heavy atom. The van der Waals surface area contributed by atoms with Crippen molar-refractivity contribution in [1.29, 1.82) is 0 Å². The van der Waals surface area contributed by atoms with Crippen LogP contribution in [0.15, 0.2) is 36.4 Å². The monoisotopic (exact) mass is 273 g/mol. The van der Waals surface area contributed by atoms with Gasteiger partial charge in [0.05, 0.1) is 6.10 Å². The Morgan fingerprint density at radius 2 is 1.80 bits per heavy atom. The summed E-state index contributed by atoms with van der Waals surface area (Å²) in [6.45, 7) is 6.15. The molecule has 3 heteroatoms. The molecule has 2 rings (SSSR count). The zero-order chi connectivity index (χ0) is 14.7. The molecule has 1 atom stereocenters. The quantitative estimate of drug-likeness (QED) is 0.885. The van der Waals surface area contributed by atoms with Crippen molar-refractivity contribution < 1.29 is 9.50 Å². The second-order valence-electron chi connectivity index (χ2n) is 5.22. The predicted octanol–water partition coefficient (Wildman–Crippen LogP) is 3.90. The number of rotatable bonds is 4. The van der Waals surface area contributed by atoms with Gasteiger partial charge < -0.3 is 10.4 Å².